The Bertz CT molecular complexity index is 291. The molecular formula is C9H12FNO2. The van der Waals surface area contributed by atoms with E-state index in [2.05, 4.69) is 5.32 Å². The molecule has 1 aromatic carbocycles. The van der Waals surface area contributed by atoms with Crippen molar-refractivity contribution in [2.24, 2.45) is 0 Å². The number of hydrogen-bond acceptors (Lipinski definition) is 3. The first-order valence-electron chi connectivity index (χ1n) is 3.96. The molecule has 0 aliphatic rings. The molecule has 3 N–H and O–H groups in total. The molecular weight excluding hydrogens is 173 g/mol. The minimum Gasteiger partial charge on any atom is -0.508 e. The maximum atomic E-state index is 13.0. The maximum Gasteiger partial charge on any atom is 0.129 e. The monoisotopic (exact) mass is 185 g/mol. The van der Waals surface area contributed by atoms with Gasteiger partial charge in [-0.25, -0.2) is 4.39 Å². The third kappa shape index (κ3) is 2.40. The molecule has 1 aromatic rings. The molecule has 0 radical (unpaired) electrons. The average molecular weight is 185 g/mol. The predicted octanol–water partition coefficient (Wildman–Crippen LogP) is 0.784. The van der Waals surface area contributed by atoms with Crippen LogP contribution in [0.25, 0.3) is 0 Å². The first kappa shape index (κ1) is 9.95. The summed E-state index contributed by atoms with van der Waals surface area (Å²) in [7, 11) is 1.66. The van der Waals surface area contributed by atoms with E-state index in [9.17, 15) is 9.50 Å². The molecule has 1 rings (SSSR count). The van der Waals surface area contributed by atoms with Crippen molar-refractivity contribution in [3.05, 3.63) is 29.6 Å². The summed E-state index contributed by atoms with van der Waals surface area (Å²) in [6.07, 6.45) is -0.933. The van der Waals surface area contributed by atoms with Gasteiger partial charge in [0, 0.05) is 12.1 Å². The molecule has 0 saturated carbocycles. The minimum absolute atomic E-state index is 0.0495. The zero-order valence-electron chi connectivity index (χ0n) is 7.29. The highest BCUT2D eigenvalue weighted by Gasteiger charge is 2.12. The van der Waals surface area contributed by atoms with E-state index in [1.54, 1.807) is 7.05 Å². The van der Waals surface area contributed by atoms with Crippen LogP contribution in [0.2, 0.25) is 0 Å². The van der Waals surface area contributed by atoms with Gasteiger partial charge in [0.2, 0.25) is 0 Å². The Morgan fingerprint density at radius 2 is 2.23 bits per heavy atom. The lowest BCUT2D eigenvalue weighted by Crippen LogP contribution is -2.17. The molecule has 0 aromatic heterocycles. The Kier molecular flexibility index (Phi) is 3.22. The number of phenols is 1. The van der Waals surface area contributed by atoms with E-state index in [0.29, 0.717) is 0 Å². The molecule has 0 fully saturated rings. The van der Waals surface area contributed by atoms with Gasteiger partial charge >= 0.3 is 0 Å². The molecule has 72 valence electrons. The van der Waals surface area contributed by atoms with Gasteiger partial charge in [-0.2, -0.15) is 0 Å². The molecule has 1 atom stereocenters. The van der Waals surface area contributed by atoms with E-state index in [-0.39, 0.29) is 17.9 Å². The Morgan fingerprint density at radius 3 is 2.85 bits per heavy atom. The zero-order chi connectivity index (χ0) is 9.84. The fraction of sp³-hybridized carbons (Fsp3) is 0.333. The molecule has 3 nitrogen and oxygen atoms in total. The summed E-state index contributed by atoms with van der Waals surface area (Å²) < 4.78 is 13.0. The quantitative estimate of drug-likeness (QED) is 0.652. The lowest BCUT2D eigenvalue weighted by molar-refractivity contribution is 0.172. The van der Waals surface area contributed by atoms with Crippen LogP contribution in [-0.4, -0.2) is 23.8 Å². The van der Waals surface area contributed by atoms with E-state index in [1.807, 2.05) is 0 Å². The van der Waals surface area contributed by atoms with Crippen molar-refractivity contribution in [1.82, 2.24) is 5.32 Å². The lowest BCUT2D eigenvalue weighted by Gasteiger charge is -2.11. The molecule has 1 unspecified atom stereocenters. The number of aliphatic hydroxyl groups is 1. The summed E-state index contributed by atoms with van der Waals surface area (Å²) in [4.78, 5) is 0. The van der Waals surface area contributed by atoms with Gasteiger partial charge in [-0.3, -0.25) is 0 Å². The van der Waals surface area contributed by atoms with Crippen LogP contribution in [0.1, 0.15) is 11.7 Å². The highest BCUT2D eigenvalue weighted by molar-refractivity contribution is 5.30. The summed E-state index contributed by atoms with van der Waals surface area (Å²) in [5.74, 6) is -0.563. The first-order chi connectivity index (χ1) is 6.15. The number of rotatable bonds is 3. The first-order valence-corrected chi connectivity index (χ1v) is 3.96. The second-order valence-corrected chi connectivity index (χ2v) is 2.78. The van der Waals surface area contributed by atoms with Crippen LogP contribution < -0.4 is 5.32 Å². The van der Waals surface area contributed by atoms with E-state index in [4.69, 9.17) is 5.11 Å². The number of phenolic OH excluding ortho intramolecular Hbond substituents is 1. The van der Waals surface area contributed by atoms with Crippen molar-refractivity contribution in [3.63, 3.8) is 0 Å². The largest absolute Gasteiger partial charge is 0.508 e. The van der Waals surface area contributed by atoms with Crippen LogP contribution in [0.15, 0.2) is 18.2 Å². The third-order valence-corrected chi connectivity index (χ3v) is 1.74. The zero-order valence-corrected chi connectivity index (χ0v) is 7.29. The van der Waals surface area contributed by atoms with Gasteiger partial charge in [0.15, 0.2) is 0 Å². The van der Waals surface area contributed by atoms with Gasteiger partial charge in [0.25, 0.3) is 0 Å². The van der Waals surface area contributed by atoms with Crippen molar-refractivity contribution in [1.29, 1.82) is 0 Å². The summed E-state index contributed by atoms with van der Waals surface area (Å²) in [6, 6.07) is 3.59. The van der Waals surface area contributed by atoms with Crippen LogP contribution in [0.5, 0.6) is 5.75 Å². The normalized spacial score (nSPS) is 12.8. The van der Waals surface area contributed by atoms with Gasteiger partial charge in [-0.1, -0.05) is 0 Å². The molecule has 4 heteroatoms. The van der Waals surface area contributed by atoms with Gasteiger partial charge in [0.1, 0.15) is 11.6 Å². The van der Waals surface area contributed by atoms with E-state index < -0.39 is 11.9 Å². The summed E-state index contributed by atoms with van der Waals surface area (Å²) in [5.41, 5.74) is 0.106. The maximum absolute atomic E-state index is 13.0. The highest BCUT2D eigenvalue weighted by atomic mass is 19.1. The molecule has 0 aliphatic carbocycles. The third-order valence-electron chi connectivity index (χ3n) is 1.74. The fourth-order valence-corrected chi connectivity index (χ4v) is 1.09. The summed E-state index contributed by atoms with van der Waals surface area (Å²) in [6.45, 7) is 0.250. The predicted molar refractivity (Wildman–Crippen MR) is 47.0 cm³/mol. The lowest BCUT2D eigenvalue weighted by atomic mass is 10.1. The van der Waals surface area contributed by atoms with Crippen molar-refractivity contribution in [2.45, 2.75) is 6.10 Å². The van der Waals surface area contributed by atoms with E-state index >= 15 is 0 Å². The number of benzene rings is 1. The number of hydrogen-bond donors (Lipinski definition) is 3. The van der Waals surface area contributed by atoms with E-state index in [0.717, 1.165) is 6.07 Å². The topological polar surface area (TPSA) is 52.5 Å². The van der Waals surface area contributed by atoms with Crippen molar-refractivity contribution in [2.75, 3.05) is 13.6 Å². The SMILES string of the molecule is CNCC(O)c1cc(O)ccc1F. The molecule has 0 bridgehead atoms. The van der Waals surface area contributed by atoms with Crippen LogP contribution in [0.3, 0.4) is 0 Å². The molecule has 0 saturated heterocycles. The highest BCUT2D eigenvalue weighted by Crippen LogP contribution is 2.21. The Morgan fingerprint density at radius 1 is 1.54 bits per heavy atom. The van der Waals surface area contributed by atoms with Gasteiger partial charge in [0.05, 0.1) is 6.10 Å². The van der Waals surface area contributed by atoms with Crippen LogP contribution >= 0.6 is 0 Å². The number of aliphatic hydroxyl groups excluding tert-OH is 1. The van der Waals surface area contributed by atoms with Gasteiger partial charge < -0.3 is 15.5 Å². The Hall–Kier alpha value is -1.13. The molecule has 0 heterocycles. The minimum atomic E-state index is -0.933. The smallest absolute Gasteiger partial charge is 0.129 e. The van der Waals surface area contributed by atoms with Gasteiger partial charge in [-0.15, -0.1) is 0 Å². The standard InChI is InChI=1S/C9H12FNO2/c1-11-5-9(13)7-4-6(12)2-3-8(7)10/h2-4,9,11-13H,5H2,1H3. The van der Waals surface area contributed by atoms with Crippen LogP contribution in [-0.2, 0) is 0 Å². The molecule has 0 aliphatic heterocycles. The van der Waals surface area contributed by atoms with Gasteiger partial charge in [-0.05, 0) is 25.2 Å². The van der Waals surface area contributed by atoms with Crippen molar-refractivity contribution < 1.29 is 14.6 Å². The average Bonchev–Trinajstić information content (AvgIpc) is 2.09. The van der Waals surface area contributed by atoms with E-state index in [1.165, 1.54) is 12.1 Å². The molecule has 0 spiro atoms. The summed E-state index contributed by atoms with van der Waals surface area (Å²) >= 11 is 0. The number of halogens is 1. The number of likely N-dealkylation sites (N-methyl/N-ethyl adjacent to an activating group) is 1. The van der Waals surface area contributed by atoms with Crippen LogP contribution in [0, 0.1) is 5.82 Å². The van der Waals surface area contributed by atoms with Crippen molar-refractivity contribution >= 4 is 0 Å². The number of aromatic hydroxyl groups is 1. The Balaban J connectivity index is 2.91. The second kappa shape index (κ2) is 4.20. The number of nitrogens with one attached hydrogen (secondary N) is 1. The van der Waals surface area contributed by atoms with Crippen molar-refractivity contribution in [3.8, 4) is 5.75 Å². The molecule has 13 heavy (non-hydrogen) atoms. The van der Waals surface area contributed by atoms with Crippen LogP contribution in [0.4, 0.5) is 4.39 Å². The fourth-order valence-electron chi connectivity index (χ4n) is 1.09. The second-order valence-electron chi connectivity index (χ2n) is 2.78. The molecule has 0 amide bonds. The Labute approximate surface area is 75.8 Å². The summed E-state index contributed by atoms with van der Waals surface area (Å²) in [5, 5.41) is 21.2.